The van der Waals surface area contributed by atoms with Gasteiger partial charge in [-0.1, -0.05) is 18.5 Å². The predicted molar refractivity (Wildman–Crippen MR) is 146 cm³/mol. The molecule has 0 aliphatic heterocycles. The first-order chi connectivity index (χ1) is 18.4. The van der Waals surface area contributed by atoms with Crippen molar-refractivity contribution in [3.05, 3.63) is 40.2 Å². The molecular weight excluding hydrogens is 537 g/mol. The number of aliphatic hydroxyl groups is 1. The highest BCUT2D eigenvalue weighted by atomic mass is 35.5. The van der Waals surface area contributed by atoms with Crippen molar-refractivity contribution < 1.29 is 27.9 Å². The summed E-state index contributed by atoms with van der Waals surface area (Å²) in [5.41, 5.74) is -0.668. The summed E-state index contributed by atoms with van der Waals surface area (Å²) in [5, 5.41) is 23.4. The lowest BCUT2D eigenvalue weighted by molar-refractivity contribution is -0.137. The third-order valence-electron chi connectivity index (χ3n) is 6.72. The van der Waals surface area contributed by atoms with Crippen molar-refractivity contribution in [3.63, 3.8) is 0 Å². The molecule has 1 fully saturated rings. The van der Waals surface area contributed by atoms with E-state index in [1.54, 1.807) is 14.1 Å². The van der Waals surface area contributed by atoms with Crippen LogP contribution in [0.1, 0.15) is 51.0 Å². The lowest BCUT2D eigenvalue weighted by Gasteiger charge is -2.38. The highest BCUT2D eigenvalue weighted by Crippen LogP contribution is 2.36. The average molecular weight is 575 g/mol. The van der Waals surface area contributed by atoms with Crippen LogP contribution in [0.25, 0.3) is 0 Å². The molecule has 2 rings (SSSR count). The number of hydrogen-bond acceptors (Lipinski definition) is 7. The first-order valence-electron chi connectivity index (χ1n) is 12.9. The Bertz CT molecular complexity index is 1040. The third-order valence-corrected chi connectivity index (χ3v) is 7.03. The summed E-state index contributed by atoms with van der Waals surface area (Å²) in [6, 6.07) is 2.57. The molecule has 0 atom stereocenters. The van der Waals surface area contributed by atoms with Gasteiger partial charge in [0, 0.05) is 39.1 Å². The van der Waals surface area contributed by atoms with Gasteiger partial charge in [-0.2, -0.15) is 18.3 Å². The van der Waals surface area contributed by atoms with Crippen LogP contribution in [0.4, 0.5) is 18.9 Å². The van der Waals surface area contributed by atoms with Crippen molar-refractivity contribution in [3.8, 4) is 0 Å². The molecule has 1 saturated carbocycles. The van der Waals surface area contributed by atoms with Crippen LogP contribution >= 0.6 is 11.6 Å². The number of halogens is 4. The zero-order valence-corrected chi connectivity index (χ0v) is 23.4. The SMILES string of the molecule is C=NN(CC(=O)Nc1ccc(C(F)(F)F)cc1Cl)C(=O)/C(=C(/CC)NC)N(CCCC1(O)CCC1)CCNC. The monoisotopic (exact) mass is 574 g/mol. The molecule has 1 aliphatic rings. The number of benzene rings is 1. The van der Waals surface area contributed by atoms with E-state index in [0.717, 1.165) is 36.4 Å². The standard InChI is InChI=1S/C26H38ClF3N6O3/c1-5-20(32-3)23(35(15-13-31-2)14-7-12-25(39)10-6-11-25)24(38)36(33-4)17-22(37)34-21-9-8-18(16-19(21)27)26(28,29)30/h8-9,16,31-32,39H,4-7,10-15,17H2,1-3H3,(H,34,37)/b23-20+. The Hall–Kier alpha value is -2.83. The summed E-state index contributed by atoms with van der Waals surface area (Å²) >= 11 is 5.95. The molecule has 0 radical (unpaired) electrons. The molecule has 39 heavy (non-hydrogen) atoms. The zero-order valence-electron chi connectivity index (χ0n) is 22.6. The highest BCUT2D eigenvalue weighted by Gasteiger charge is 2.34. The molecule has 2 amide bonds. The molecule has 0 unspecified atom stereocenters. The summed E-state index contributed by atoms with van der Waals surface area (Å²) in [6.45, 7) is 6.35. The third kappa shape index (κ3) is 9.11. The molecule has 1 aromatic rings. The van der Waals surface area contributed by atoms with E-state index in [-0.39, 0.29) is 10.7 Å². The Morgan fingerprint density at radius 1 is 1.23 bits per heavy atom. The van der Waals surface area contributed by atoms with Gasteiger partial charge in [-0.25, -0.2) is 5.01 Å². The van der Waals surface area contributed by atoms with Crippen LogP contribution in [-0.4, -0.2) is 79.4 Å². The molecule has 218 valence electrons. The normalized spacial score (nSPS) is 15.1. The average Bonchev–Trinajstić information content (AvgIpc) is 2.87. The van der Waals surface area contributed by atoms with Crippen LogP contribution in [0, 0.1) is 0 Å². The molecule has 9 nitrogen and oxygen atoms in total. The maximum absolute atomic E-state index is 13.7. The molecular formula is C26H38ClF3N6O3. The first-order valence-corrected chi connectivity index (χ1v) is 13.2. The van der Waals surface area contributed by atoms with Crippen molar-refractivity contribution >= 4 is 35.8 Å². The number of rotatable bonds is 15. The second kappa shape index (κ2) is 14.5. The van der Waals surface area contributed by atoms with Crippen LogP contribution < -0.4 is 16.0 Å². The minimum Gasteiger partial charge on any atom is -0.390 e. The van der Waals surface area contributed by atoms with E-state index < -0.39 is 35.7 Å². The summed E-state index contributed by atoms with van der Waals surface area (Å²) < 4.78 is 38.8. The van der Waals surface area contributed by atoms with Gasteiger partial charge >= 0.3 is 6.18 Å². The maximum Gasteiger partial charge on any atom is 0.416 e. The lowest BCUT2D eigenvalue weighted by Crippen LogP contribution is -2.44. The number of amides is 2. The van der Waals surface area contributed by atoms with Crippen molar-refractivity contribution in [1.29, 1.82) is 0 Å². The largest absolute Gasteiger partial charge is 0.416 e. The van der Waals surface area contributed by atoms with E-state index in [1.807, 2.05) is 11.8 Å². The number of anilines is 1. The Morgan fingerprint density at radius 2 is 1.92 bits per heavy atom. The number of hydrogen-bond donors (Lipinski definition) is 4. The van der Waals surface area contributed by atoms with Gasteiger partial charge in [0.25, 0.3) is 5.91 Å². The first kappa shape index (κ1) is 32.4. The number of carbonyl (C=O) groups is 2. The zero-order chi connectivity index (χ0) is 29.2. The summed E-state index contributed by atoms with van der Waals surface area (Å²) in [6.07, 6.45) is -0.261. The van der Waals surface area contributed by atoms with Crippen LogP contribution in [0.3, 0.4) is 0 Å². The Kier molecular flexibility index (Phi) is 12.1. The number of allylic oxidation sites excluding steroid dienone is 1. The van der Waals surface area contributed by atoms with Gasteiger partial charge in [0.05, 0.1) is 21.9 Å². The summed E-state index contributed by atoms with van der Waals surface area (Å²) in [4.78, 5) is 28.4. The van der Waals surface area contributed by atoms with Gasteiger partial charge in [-0.15, -0.1) is 0 Å². The fraction of sp³-hybridized carbons (Fsp3) is 0.577. The molecule has 0 heterocycles. The smallest absolute Gasteiger partial charge is 0.390 e. The second-order valence-electron chi connectivity index (χ2n) is 9.45. The maximum atomic E-state index is 13.7. The minimum atomic E-state index is -4.58. The van der Waals surface area contributed by atoms with Crippen molar-refractivity contribution in [1.82, 2.24) is 20.5 Å². The Balaban J connectivity index is 2.22. The topological polar surface area (TPSA) is 109 Å². The van der Waals surface area contributed by atoms with Gasteiger partial charge in [-0.3, -0.25) is 9.59 Å². The molecule has 13 heteroatoms. The van der Waals surface area contributed by atoms with E-state index in [1.165, 1.54) is 0 Å². The number of alkyl halides is 3. The number of nitrogens with zero attached hydrogens (tertiary/aromatic N) is 3. The molecule has 1 aromatic carbocycles. The number of likely N-dealkylation sites (N-methyl/N-ethyl adjacent to an activating group) is 1. The quantitative estimate of drug-likeness (QED) is 0.144. The van der Waals surface area contributed by atoms with Gasteiger partial charge in [-0.05, 0) is 63.8 Å². The van der Waals surface area contributed by atoms with Crippen LogP contribution in [0.5, 0.6) is 0 Å². The molecule has 1 aliphatic carbocycles. The van der Waals surface area contributed by atoms with Gasteiger partial charge < -0.3 is 26.0 Å². The van der Waals surface area contributed by atoms with E-state index in [2.05, 4.69) is 27.8 Å². The molecule has 0 bridgehead atoms. The van der Waals surface area contributed by atoms with Crippen molar-refractivity contribution in [2.24, 2.45) is 5.10 Å². The van der Waals surface area contributed by atoms with Crippen molar-refractivity contribution in [2.75, 3.05) is 45.6 Å². The highest BCUT2D eigenvalue weighted by molar-refractivity contribution is 6.33. The lowest BCUT2D eigenvalue weighted by atomic mass is 9.77. The summed E-state index contributed by atoms with van der Waals surface area (Å²) in [7, 11) is 3.50. The minimum absolute atomic E-state index is 0.0315. The predicted octanol–water partition coefficient (Wildman–Crippen LogP) is 3.80. The van der Waals surface area contributed by atoms with E-state index in [4.69, 9.17) is 11.6 Å². The second-order valence-corrected chi connectivity index (χ2v) is 9.85. The number of carbonyl (C=O) groups excluding carboxylic acids is 2. The van der Waals surface area contributed by atoms with E-state index in [0.29, 0.717) is 56.4 Å². The van der Waals surface area contributed by atoms with Crippen molar-refractivity contribution in [2.45, 2.75) is 57.2 Å². The number of nitrogens with one attached hydrogen (secondary N) is 3. The van der Waals surface area contributed by atoms with Gasteiger partial charge in [0.2, 0.25) is 5.91 Å². The van der Waals surface area contributed by atoms with Gasteiger partial charge in [0.1, 0.15) is 12.2 Å². The fourth-order valence-electron chi connectivity index (χ4n) is 4.36. The summed E-state index contributed by atoms with van der Waals surface area (Å²) in [5.74, 6) is -1.28. The van der Waals surface area contributed by atoms with E-state index >= 15 is 0 Å². The number of hydrazone groups is 1. The van der Waals surface area contributed by atoms with Gasteiger partial charge in [0.15, 0.2) is 0 Å². The Labute approximate surface area is 232 Å². The van der Waals surface area contributed by atoms with Crippen LogP contribution in [0.15, 0.2) is 34.7 Å². The molecule has 0 aromatic heterocycles. The fourth-order valence-corrected chi connectivity index (χ4v) is 4.59. The van der Waals surface area contributed by atoms with Crippen LogP contribution in [-0.2, 0) is 15.8 Å². The molecule has 0 spiro atoms. The molecule has 0 saturated heterocycles. The molecule has 4 N–H and O–H groups in total. The Morgan fingerprint density at radius 3 is 2.41 bits per heavy atom. The van der Waals surface area contributed by atoms with E-state index in [9.17, 15) is 27.9 Å². The van der Waals surface area contributed by atoms with Crippen LogP contribution in [0.2, 0.25) is 5.02 Å².